The maximum absolute atomic E-state index is 12.6. The molecule has 48 heavy (non-hydrogen) atoms. The first-order valence-electron chi connectivity index (χ1n) is 19.3. The molecule has 3 unspecified atom stereocenters. The van der Waals surface area contributed by atoms with E-state index in [1.165, 1.54) is 70.6 Å². The van der Waals surface area contributed by atoms with Crippen molar-refractivity contribution < 1.29 is 32.9 Å². The van der Waals surface area contributed by atoms with Crippen molar-refractivity contribution in [2.45, 2.75) is 167 Å². The van der Waals surface area contributed by atoms with E-state index in [1.807, 2.05) is 21.1 Å². The van der Waals surface area contributed by atoms with Crippen LogP contribution in [0.25, 0.3) is 0 Å². The minimum Gasteiger partial charge on any atom is -0.756 e. The minimum atomic E-state index is -4.54. The van der Waals surface area contributed by atoms with Crippen LogP contribution in [0.15, 0.2) is 36.5 Å². The molecule has 0 aliphatic carbocycles. The molecule has 8 nitrogen and oxygen atoms in total. The molecule has 0 fully saturated rings. The largest absolute Gasteiger partial charge is 0.756 e. The number of aliphatic hydroxyl groups is 1. The van der Waals surface area contributed by atoms with Gasteiger partial charge in [-0.25, -0.2) is 0 Å². The summed E-state index contributed by atoms with van der Waals surface area (Å²) in [5, 5.41) is 13.5. The van der Waals surface area contributed by atoms with E-state index in [0.29, 0.717) is 23.9 Å². The fraction of sp³-hybridized carbons (Fsp3) is 0.821. The molecule has 0 aromatic heterocycles. The smallest absolute Gasteiger partial charge is 0.268 e. The number of quaternary nitrogens is 1. The van der Waals surface area contributed by atoms with Crippen molar-refractivity contribution in [2.75, 3.05) is 40.9 Å². The van der Waals surface area contributed by atoms with Crippen LogP contribution in [0.1, 0.15) is 155 Å². The Balaban J connectivity index is 4.03. The standard InChI is InChI=1S/C39H75N2O6P/c1-6-8-10-11-12-13-14-15-16-17-18-19-20-21-22-23-24-25-26-27-28-29-31-33-39(43)40-37(38(42)32-30-9-7-2)36-47-48(44,45)46-35-34-41(3,4)5/h14-15,17-18,20-21,37-38,42H,6-13,16,19,22-36H2,1-5H3,(H-,40,43,44,45)/b15-14-,18-17-,21-20-. The molecule has 0 saturated carbocycles. The van der Waals surface area contributed by atoms with Crippen molar-refractivity contribution in [3.8, 4) is 0 Å². The molecule has 1 amide bonds. The first-order valence-corrected chi connectivity index (χ1v) is 20.8. The second-order valence-corrected chi connectivity index (χ2v) is 15.7. The van der Waals surface area contributed by atoms with Crippen molar-refractivity contribution in [3.05, 3.63) is 36.5 Å². The fourth-order valence-corrected chi connectivity index (χ4v) is 5.94. The Morgan fingerprint density at radius 1 is 0.729 bits per heavy atom. The van der Waals surface area contributed by atoms with E-state index in [1.54, 1.807) is 0 Å². The lowest BCUT2D eigenvalue weighted by atomic mass is 10.0. The number of amides is 1. The number of hydrogen-bond donors (Lipinski definition) is 2. The van der Waals surface area contributed by atoms with Crippen molar-refractivity contribution >= 4 is 13.7 Å². The number of phosphoric ester groups is 1. The van der Waals surface area contributed by atoms with E-state index in [-0.39, 0.29) is 19.1 Å². The molecule has 282 valence electrons. The topological polar surface area (TPSA) is 108 Å². The van der Waals surface area contributed by atoms with Crippen LogP contribution in [0.5, 0.6) is 0 Å². The third-order valence-electron chi connectivity index (χ3n) is 8.38. The molecule has 9 heteroatoms. The highest BCUT2D eigenvalue weighted by Crippen LogP contribution is 2.38. The van der Waals surface area contributed by atoms with Crippen LogP contribution in [-0.2, 0) is 18.4 Å². The fourth-order valence-electron chi connectivity index (χ4n) is 5.22. The summed E-state index contributed by atoms with van der Waals surface area (Å²) < 4.78 is 22.9. The molecule has 0 heterocycles. The van der Waals surface area contributed by atoms with Gasteiger partial charge < -0.3 is 28.8 Å². The SMILES string of the molecule is CCCCCCC/C=C\C/C=C\C/C=C\CCCCCCCCCCC(=O)NC(COP(=O)([O-])OCC[N+](C)(C)C)C(O)CCCCC. The summed E-state index contributed by atoms with van der Waals surface area (Å²) in [4.78, 5) is 24.9. The normalized spacial score (nSPS) is 15.1. The van der Waals surface area contributed by atoms with E-state index in [0.717, 1.165) is 57.8 Å². The molecule has 0 saturated heterocycles. The monoisotopic (exact) mass is 699 g/mol. The second kappa shape index (κ2) is 31.7. The van der Waals surface area contributed by atoms with E-state index >= 15 is 0 Å². The number of carbonyl (C=O) groups is 1. The van der Waals surface area contributed by atoms with Crippen LogP contribution in [0.2, 0.25) is 0 Å². The minimum absolute atomic E-state index is 0.00763. The molecular weight excluding hydrogens is 623 g/mol. The molecule has 3 atom stereocenters. The Bertz CT molecular complexity index is 886. The van der Waals surface area contributed by atoms with Crippen molar-refractivity contribution in [2.24, 2.45) is 0 Å². The Kier molecular flexibility index (Phi) is 30.8. The number of carbonyl (C=O) groups excluding carboxylic acids is 1. The highest BCUT2D eigenvalue weighted by atomic mass is 31.2. The summed E-state index contributed by atoms with van der Waals surface area (Å²) in [6.07, 6.45) is 36.6. The Morgan fingerprint density at radius 3 is 1.75 bits per heavy atom. The zero-order valence-electron chi connectivity index (χ0n) is 31.7. The van der Waals surface area contributed by atoms with Gasteiger partial charge in [-0.3, -0.25) is 9.36 Å². The third kappa shape index (κ3) is 33.2. The number of aliphatic hydroxyl groups excluding tert-OH is 1. The molecule has 0 bridgehead atoms. The van der Waals surface area contributed by atoms with E-state index in [2.05, 4.69) is 55.6 Å². The maximum atomic E-state index is 12.6. The third-order valence-corrected chi connectivity index (χ3v) is 9.35. The van der Waals surface area contributed by atoms with Crippen LogP contribution in [0.4, 0.5) is 0 Å². The predicted octanol–water partition coefficient (Wildman–Crippen LogP) is 9.33. The van der Waals surface area contributed by atoms with Gasteiger partial charge in [-0.1, -0.05) is 134 Å². The lowest BCUT2D eigenvalue weighted by Crippen LogP contribution is -2.46. The summed E-state index contributed by atoms with van der Waals surface area (Å²) >= 11 is 0. The lowest BCUT2D eigenvalue weighted by molar-refractivity contribution is -0.870. The highest BCUT2D eigenvalue weighted by Gasteiger charge is 2.24. The molecule has 0 aliphatic rings. The van der Waals surface area contributed by atoms with Gasteiger partial charge in [-0.2, -0.15) is 0 Å². The molecule has 0 aromatic rings. The number of phosphoric acid groups is 1. The lowest BCUT2D eigenvalue weighted by Gasteiger charge is -2.30. The van der Waals surface area contributed by atoms with Crippen LogP contribution >= 0.6 is 7.82 Å². The molecule has 0 aromatic carbocycles. The van der Waals surface area contributed by atoms with Gasteiger partial charge in [0.05, 0.1) is 39.9 Å². The Labute approximate surface area is 296 Å². The molecule has 0 radical (unpaired) electrons. The molecule has 0 rings (SSSR count). The zero-order chi connectivity index (χ0) is 35.8. The van der Waals surface area contributed by atoms with Crippen LogP contribution in [0, 0.1) is 0 Å². The zero-order valence-corrected chi connectivity index (χ0v) is 32.6. The summed E-state index contributed by atoms with van der Waals surface area (Å²) in [5.41, 5.74) is 0. The Hall–Kier alpha value is -1.28. The summed E-state index contributed by atoms with van der Waals surface area (Å²) in [5.74, 6) is -0.186. The van der Waals surface area contributed by atoms with Crippen LogP contribution in [0.3, 0.4) is 0 Å². The van der Waals surface area contributed by atoms with Crippen molar-refractivity contribution in [3.63, 3.8) is 0 Å². The quantitative estimate of drug-likeness (QED) is 0.0300. The van der Waals surface area contributed by atoms with Gasteiger partial charge >= 0.3 is 0 Å². The van der Waals surface area contributed by atoms with Crippen molar-refractivity contribution in [1.82, 2.24) is 5.32 Å². The molecule has 0 aliphatic heterocycles. The van der Waals surface area contributed by atoms with Gasteiger partial charge in [0, 0.05) is 6.42 Å². The number of rotatable bonds is 34. The number of nitrogens with zero attached hydrogens (tertiary/aromatic N) is 1. The molecular formula is C39H75N2O6P. The average molecular weight is 699 g/mol. The van der Waals surface area contributed by atoms with Crippen molar-refractivity contribution in [1.29, 1.82) is 0 Å². The number of hydrogen-bond acceptors (Lipinski definition) is 6. The first-order chi connectivity index (χ1) is 23.0. The van der Waals surface area contributed by atoms with Gasteiger partial charge in [-0.05, 0) is 51.4 Å². The predicted molar refractivity (Wildman–Crippen MR) is 201 cm³/mol. The molecule has 0 spiro atoms. The van der Waals surface area contributed by atoms with Gasteiger partial charge in [0.25, 0.3) is 7.82 Å². The average Bonchev–Trinajstić information content (AvgIpc) is 3.02. The maximum Gasteiger partial charge on any atom is 0.268 e. The summed E-state index contributed by atoms with van der Waals surface area (Å²) in [6, 6.07) is -0.799. The van der Waals surface area contributed by atoms with E-state index in [4.69, 9.17) is 9.05 Å². The van der Waals surface area contributed by atoms with E-state index in [9.17, 15) is 19.4 Å². The summed E-state index contributed by atoms with van der Waals surface area (Å²) in [7, 11) is 1.28. The highest BCUT2D eigenvalue weighted by molar-refractivity contribution is 7.45. The number of unbranched alkanes of at least 4 members (excludes halogenated alkanes) is 15. The van der Waals surface area contributed by atoms with Crippen LogP contribution < -0.4 is 10.2 Å². The molecule has 2 N–H and O–H groups in total. The van der Waals surface area contributed by atoms with Crippen LogP contribution in [-0.4, -0.2) is 68.5 Å². The van der Waals surface area contributed by atoms with Gasteiger partial charge in [0.15, 0.2) is 0 Å². The summed E-state index contributed by atoms with van der Waals surface area (Å²) in [6.45, 7) is 4.51. The van der Waals surface area contributed by atoms with Gasteiger partial charge in [0.1, 0.15) is 13.2 Å². The number of likely N-dealkylation sites (N-methyl/N-ethyl adjacent to an activating group) is 1. The Morgan fingerprint density at radius 2 is 1.21 bits per heavy atom. The second-order valence-electron chi connectivity index (χ2n) is 14.3. The number of allylic oxidation sites excluding steroid dienone is 6. The first kappa shape index (κ1) is 46.7. The van der Waals surface area contributed by atoms with Gasteiger partial charge in [-0.15, -0.1) is 0 Å². The van der Waals surface area contributed by atoms with E-state index < -0.39 is 20.0 Å². The van der Waals surface area contributed by atoms with Gasteiger partial charge in [0.2, 0.25) is 5.91 Å². The number of nitrogens with one attached hydrogen (secondary N) is 1.